The molecular formula is C9H13Cl. The van der Waals surface area contributed by atoms with Gasteiger partial charge in [0.15, 0.2) is 0 Å². The van der Waals surface area contributed by atoms with Crippen LogP contribution in [0.25, 0.3) is 0 Å². The van der Waals surface area contributed by atoms with Crippen LogP contribution in [0.15, 0.2) is 24.3 Å². The van der Waals surface area contributed by atoms with Crippen molar-refractivity contribution >= 4 is 11.6 Å². The van der Waals surface area contributed by atoms with Crippen LogP contribution in [-0.4, -0.2) is 5.88 Å². The maximum atomic E-state index is 5.78. The van der Waals surface area contributed by atoms with E-state index < -0.39 is 0 Å². The van der Waals surface area contributed by atoms with Gasteiger partial charge >= 0.3 is 0 Å². The molecular weight excluding hydrogens is 144 g/mol. The Morgan fingerprint density at radius 3 is 2.50 bits per heavy atom. The molecule has 0 saturated heterocycles. The third-order valence-corrected chi connectivity index (χ3v) is 2.43. The number of hydrogen-bond donors (Lipinski definition) is 0. The van der Waals surface area contributed by atoms with E-state index in [0.29, 0.717) is 11.8 Å². The van der Waals surface area contributed by atoms with Crippen LogP contribution < -0.4 is 0 Å². The fraction of sp³-hybridized carbons (Fsp3) is 0.556. The first kappa shape index (κ1) is 7.87. The minimum absolute atomic E-state index is 0.247. The molecule has 0 amide bonds. The van der Waals surface area contributed by atoms with Crippen LogP contribution in [0, 0.1) is 11.3 Å². The molecule has 0 N–H and O–H groups in total. The van der Waals surface area contributed by atoms with Crippen molar-refractivity contribution in [1.29, 1.82) is 0 Å². The summed E-state index contributed by atoms with van der Waals surface area (Å²) in [5.41, 5.74) is 0.247. The summed E-state index contributed by atoms with van der Waals surface area (Å²) in [5, 5.41) is 0. The molecule has 0 aliphatic heterocycles. The van der Waals surface area contributed by atoms with Crippen molar-refractivity contribution < 1.29 is 0 Å². The highest BCUT2D eigenvalue weighted by Gasteiger charge is 2.24. The summed E-state index contributed by atoms with van der Waals surface area (Å²) >= 11 is 5.78. The summed E-state index contributed by atoms with van der Waals surface area (Å²) in [6.45, 7) is 4.42. The lowest BCUT2D eigenvalue weighted by Gasteiger charge is -2.29. The van der Waals surface area contributed by atoms with Crippen molar-refractivity contribution in [2.24, 2.45) is 11.3 Å². The van der Waals surface area contributed by atoms with Gasteiger partial charge in [-0.3, -0.25) is 0 Å². The Bertz CT molecular complexity index is 166. The second-order valence-corrected chi connectivity index (χ2v) is 3.63. The highest BCUT2D eigenvalue weighted by molar-refractivity contribution is 6.18. The van der Waals surface area contributed by atoms with Crippen LogP contribution in [0.5, 0.6) is 0 Å². The standard InChI is InChI=1S/C9H13Cl/c1-9(2)6-4-3-5-8(9)7-10/h3-6,8H,7H2,1-2H3. The minimum Gasteiger partial charge on any atom is -0.126 e. The van der Waals surface area contributed by atoms with E-state index in [1.54, 1.807) is 0 Å². The van der Waals surface area contributed by atoms with E-state index in [4.69, 9.17) is 11.6 Å². The molecule has 10 heavy (non-hydrogen) atoms. The SMILES string of the molecule is CC1(C)C=CC=CC1CCl. The summed E-state index contributed by atoms with van der Waals surface area (Å²) in [5.74, 6) is 1.22. The van der Waals surface area contributed by atoms with Gasteiger partial charge in [0.2, 0.25) is 0 Å². The normalized spacial score (nSPS) is 28.9. The van der Waals surface area contributed by atoms with Crippen molar-refractivity contribution in [1.82, 2.24) is 0 Å². The quantitative estimate of drug-likeness (QED) is 0.512. The first-order valence-electron chi connectivity index (χ1n) is 3.59. The first-order chi connectivity index (χ1) is 4.67. The van der Waals surface area contributed by atoms with E-state index in [9.17, 15) is 0 Å². The van der Waals surface area contributed by atoms with Gasteiger partial charge in [-0.15, -0.1) is 11.6 Å². The zero-order valence-corrected chi connectivity index (χ0v) is 7.23. The molecule has 0 heterocycles. The highest BCUT2D eigenvalue weighted by Crippen LogP contribution is 2.32. The van der Waals surface area contributed by atoms with Gasteiger partial charge in [0.05, 0.1) is 0 Å². The predicted octanol–water partition coefficient (Wildman–Crippen LogP) is 2.99. The lowest BCUT2D eigenvalue weighted by molar-refractivity contribution is 0.368. The zero-order valence-electron chi connectivity index (χ0n) is 6.47. The van der Waals surface area contributed by atoms with Crippen LogP contribution in [0.3, 0.4) is 0 Å². The van der Waals surface area contributed by atoms with Crippen LogP contribution in [0.2, 0.25) is 0 Å². The number of rotatable bonds is 1. The fourth-order valence-electron chi connectivity index (χ4n) is 1.12. The maximum Gasteiger partial charge on any atom is 0.0294 e. The second kappa shape index (κ2) is 2.79. The number of halogens is 1. The largest absolute Gasteiger partial charge is 0.126 e. The molecule has 1 aliphatic carbocycles. The monoisotopic (exact) mass is 156 g/mol. The van der Waals surface area contributed by atoms with Crippen molar-refractivity contribution in [3.8, 4) is 0 Å². The van der Waals surface area contributed by atoms with Gasteiger partial charge in [-0.05, 0) is 11.3 Å². The highest BCUT2D eigenvalue weighted by atomic mass is 35.5. The zero-order chi connectivity index (χ0) is 7.61. The first-order valence-corrected chi connectivity index (χ1v) is 4.12. The Kier molecular flexibility index (Phi) is 2.20. The van der Waals surface area contributed by atoms with Gasteiger partial charge in [-0.1, -0.05) is 38.2 Å². The van der Waals surface area contributed by atoms with Crippen LogP contribution >= 0.6 is 11.6 Å². The maximum absolute atomic E-state index is 5.78. The molecule has 1 aliphatic rings. The fourth-order valence-corrected chi connectivity index (χ4v) is 1.62. The molecule has 0 bridgehead atoms. The van der Waals surface area contributed by atoms with Gasteiger partial charge in [0.1, 0.15) is 0 Å². The average molecular weight is 157 g/mol. The Balaban J connectivity index is 2.74. The van der Waals surface area contributed by atoms with Gasteiger partial charge in [0, 0.05) is 5.88 Å². The van der Waals surface area contributed by atoms with E-state index >= 15 is 0 Å². The third kappa shape index (κ3) is 1.43. The average Bonchev–Trinajstić information content (AvgIpc) is 1.87. The summed E-state index contributed by atoms with van der Waals surface area (Å²) in [7, 11) is 0. The molecule has 0 nitrogen and oxygen atoms in total. The van der Waals surface area contributed by atoms with Crippen LogP contribution in [0.4, 0.5) is 0 Å². The molecule has 0 fully saturated rings. The number of alkyl halides is 1. The Morgan fingerprint density at radius 1 is 1.40 bits per heavy atom. The minimum atomic E-state index is 0.247. The molecule has 0 aromatic rings. The van der Waals surface area contributed by atoms with Crippen molar-refractivity contribution in [2.75, 3.05) is 5.88 Å². The number of hydrogen-bond acceptors (Lipinski definition) is 0. The van der Waals surface area contributed by atoms with Gasteiger partial charge in [-0.25, -0.2) is 0 Å². The van der Waals surface area contributed by atoms with E-state index in [1.165, 1.54) is 0 Å². The molecule has 0 aromatic carbocycles. The van der Waals surface area contributed by atoms with E-state index in [-0.39, 0.29) is 5.41 Å². The molecule has 1 atom stereocenters. The molecule has 0 spiro atoms. The van der Waals surface area contributed by atoms with E-state index in [1.807, 2.05) is 0 Å². The predicted molar refractivity (Wildman–Crippen MR) is 46.3 cm³/mol. The lowest BCUT2D eigenvalue weighted by Crippen LogP contribution is -2.22. The molecule has 1 rings (SSSR count). The van der Waals surface area contributed by atoms with Gasteiger partial charge in [0.25, 0.3) is 0 Å². The molecule has 0 aromatic heterocycles. The smallest absolute Gasteiger partial charge is 0.0294 e. The molecule has 1 unspecified atom stereocenters. The lowest BCUT2D eigenvalue weighted by atomic mass is 9.77. The van der Waals surface area contributed by atoms with Gasteiger partial charge in [-0.2, -0.15) is 0 Å². The van der Waals surface area contributed by atoms with Crippen molar-refractivity contribution in [3.05, 3.63) is 24.3 Å². The summed E-state index contributed by atoms with van der Waals surface area (Å²) in [4.78, 5) is 0. The van der Waals surface area contributed by atoms with E-state index in [2.05, 4.69) is 38.2 Å². The number of allylic oxidation sites excluding steroid dienone is 4. The Morgan fingerprint density at radius 2 is 2.10 bits per heavy atom. The second-order valence-electron chi connectivity index (χ2n) is 3.33. The Hall–Kier alpha value is -0.230. The summed E-state index contributed by atoms with van der Waals surface area (Å²) in [6.07, 6.45) is 8.54. The molecule has 1 heteroatoms. The van der Waals surface area contributed by atoms with Gasteiger partial charge < -0.3 is 0 Å². The van der Waals surface area contributed by atoms with Crippen molar-refractivity contribution in [2.45, 2.75) is 13.8 Å². The molecule has 56 valence electrons. The van der Waals surface area contributed by atoms with E-state index in [0.717, 1.165) is 0 Å². The summed E-state index contributed by atoms with van der Waals surface area (Å²) in [6, 6.07) is 0. The summed E-state index contributed by atoms with van der Waals surface area (Å²) < 4.78 is 0. The molecule has 0 radical (unpaired) electrons. The topological polar surface area (TPSA) is 0 Å². The Labute approximate surface area is 67.6 Å². The van der Waals surface area contributed by atoms with Crippen molar-refractivity contribution in [3.63, 3.8) is 0 Å². The molecule has 0 saturated carbocycles. The van der Waals surface area contributed by atoms with Crippen LogP contribution in [-0.2, 0) is 0 Å². The van der Waals surface area contributed by atoms with Crippen LogP contribution in [0.1, 0.15) is 13.8 Å². The third-order valence-electron chi connectivity index (χ3n) is 2.10.